The lowest BCUT2D eigenvalue weighted by molar-refractivity contribution is 0.289. The van der Waals surface area contributed by atoms with E-state index in [1.54, 1.807) is 0 Å². The van der Waals surface area contributed by atoms with Crippen molar-refractivity contribution in [3.05, 3.63) is 12.7 Å². The Bertz CT molecular complexity index is 192. The van der Waals surface area contributed by atoms with Crippen LogP contribution >= 0.6 is 0 Å². The summed E-state index contributed by atoms with van der Waals surface area (Å²) >= 11 is 0. The summed E-state index contributed by atoms with van der Waals surface area (Å²) < 4.78 is 0. The monoisotopic (exact) mass is 183 g/mol. The minimum absolute atomic E-state index is 0.0300. The lowest BCUT2D eigenvalue weighted by Crippen LogP contribution is -2.30. The van der Waals surface area contributed by atoms with Gasteiger partial charge in [-0.1, -0.05) is 38.9 Å². The first-order valence-electron chi connectivity index (χ1n) is 4.79. The molecule has 1 N–H and O–H groups in total. The second-order valence-electron chi connectivity index (χ2n) is 4.25. The summed E-state index contributed by atoms with van der Waals surface area (Å²) in [7, 11) is 0. The SMILES string of the molecule is C=CCCC(=NO)C(C)(C)C(C)C. The largest absolute Gasteiger partial charge is 0.411 e. The third kappa shape index (κ3) is 3.21. The van der Waals surface area contributed by atoms with Gasteiger partial charge in [0.2, 0.25) is 0 Å². The molecular weight excluding hydrogens is 162 g/mol. The number of allylic oxidation sites excluding steroid dienone is 1. The van der Waals surface area contributed by atoms with E-state index in [1.165, 1.54) is 0 Å². The molecule has 0 saturated carbocycles. The zero-order valence-electron chi connectivity index (χ0n) is 9.17. The van der Waals surface area contributed by atoms with Gasteiger partial charge in [-0.15, -0.1) is 6.58 Å². The van der Waals surface area contributed by atoms with Gasteiger partial charge in [0.15, 0.2) is 0 Å². The molecule has 0 bridgehead atoms. The minimum Gasteiger partial charge on any atom is -0.411 e. The molecule has 2 heteroatoms. The van der Waals surface area contributed by atoms with Crippen molar-refractivity contribution in [2.45, 2.75) is 40.5 Å². The molecule has 13 heavy (non-hydrogen) atoms. The van der Waals surface area contributed by atoms with Crippen LogP contribution in [0, 0.1) is 11.3 Å². The van der Waals surface area contributed by atoms with Crippen molar-refractivity contribution in [2.75, 3.05) is 0 Å². The molecule has 0 aromatic rings. The molecular formula is C11H21NO. The first-order valence-corrected chi connectivity index (χ1v) is 4.79. The van der Waals surface area contributed by atoms with E-state index < -0.39 is 0 Å². The molecule has 0 aliphatic rings. The smallest absolute Gasteiger partial charge is 0.0632 e. The van der Waals surface area contributed by atoms with E-state index in [4.69, 9.17) is 5.21 Å². The highest BCUT2D eigenvalue weighted by Gasteiger charge is 2.28. The molecule has 76 valence electrons. The maximum absolute atomic E-state index is 8.89. The van der Waals surface area contributed by atoms with Gasteiger partial charge < -0.3 is 5.21 Å². The van der Waals surface area contributed by atoms with Gasteiger partial charge in [-0.2, -0.15) is 0 Å². The molecule has 0 unspecified atom stereocenters. The number of oxime groups is 1. The van der Waals surface area contributed by atoms with Gasteiger partial charge in [-0.05, 0) is 18.8 Å². The van der Waals surface area contributed by atoms with Crippen LogP contribution in [-0.4, -0.2) is 10.9 Å². The summed E-state index contributed by atoms with van der Waals surface area (Å²) in [5.41, 5.74) is 0.833. The molecule has 0 saturated heterocycles. The molecule has 0 rings (SSSR count). The van der Waals surface area contributed by atoms with E-state index in [-0.39, 0.29) is 5.41 Å². The molecule has 0 amide bonds. The van der Waals surface area contributed by atoms with Crippen LogP contribution < -0.4 is 0 Å². The van der Waals surface area contributed by atoms with Gasteiger partial charge in [-0.25, -0.2) is 0 Å². The summed E-state index contributed by atoms with van der Waals surface area (Å²) in [6.45, 7) is 12.1. The van der Waals surface area contributed by atoms with E-state index in [1.807, 2.05) is 6.08 Å². The van der Waals surface area contributed by atoms with E-state index in [0.717, 1.165) is 18.6 Å². The van der Waals surface area contributed by atoms with Gasteiger partial charge in [-0.3, -0.25) is 0 Å². The van der Waals surface area contributed by atoms with Crippen molar-refractivity contribution < 1.29 is 5.21 Å². The van der Waals surface area contributed by atoms with E-state index in [2.05, 4.69) is 39.4 Å². The fourth-order valence-electron chi connectivity index (χ4n) is 1.07. The third-order valence-electron chi connectivity index (χ3n) is 2.89. The molecule has 0 radical (unpaired) electrons. The summed E-state index contributed by atoms with van der Waals surface area (Å²) in [6, 6.07) is 0. The minimum atomic E-state index is -0.0300. The molecule has 0 aliphatic carbocycles. The van der Waals surface area contributed by atoms with E-state index in [0.29, 0.717) is 5.92 Å². The average molecular weight is 183 g/mol. The zero-order valence-corrected chi connectivity index (χ0v) is 9.17. The predicted octanol–water partition coefficient (Wildman–Crippen LogP) is 3.47. The van der Waals surface area contributed by atoms with Crippen LogP contribution in [0.4, 0.5) is 0 Å². The Balaban J connectivity index is 4.48. The van der Waals surface area contributed by atoms with E-state index >= 15 is 0 Å². The quantitative estimate of drug-likeness (QED) is 0.301. The van der Waals surface area contributed by atoms with Gasteiger partial charge in [0.25, 0.3) is 0 Å². The fraction of sp³-hybridized carbons (Fsp3) is 0.727. The van der Waals surface area contributed by atoms with Crippen molar-refractivity contribution in [3.8, 4) is 0 Å². The van der Waals surface area contributed by atoms with Gasteiger partial charge in [0.05, 0.1) is 5.71 Å². The Morgan fingerprint density at radius 2 is 2.08 bits per heavy atom. The van der Waals surface area contributed by atoms with Gasteiger partial charge in [0, 0.05) is 5.41 Å². The Kier molecular flexibility index (Phi) is 4.74. The molecule has 0 atom stereocenters. The molecule has 0 aromatic heterocycles. The molecule has 0 spiro atoms. The van der Waals surface area contributed by atoms with Crippen molar-refractivity contribution in [3.63, 3.8) is 0 Å². The molecule has 0 aromatic carbocycles. The second kappa shape index (κ2) is 5.05. The lowest BCUT2D eigenvalue weighted by Gasteiger charge is -2.29. The van der Waals surface area contributed by atoms with Crippen molar-refractivity contribution >= 4 is 5.71 Å². The number of rotatable bonds is 5. The summed E-state index contributed by atoms with van der Waals surface area (Å²) in [6.07, 6.45) is 3.52. The predicted molar refractivity (Wildman–Crippen MR) is 57.3 cm³/mol. The Morgan fingerprint density at radius 1 is 1.54 bits per heavy atom. The fourth-order valence-corrected chi connectivity index (χ4v) is 1.07. The molecule has 2 nitrogen and oxygen atoms in total. The Hall–Kier alpha value is -0.790. The number of hydrogen-bond acceptors (Lipinski definition) is 2. The van der Waals surface area contributed by atoms with Crippen molar-refractivity contribution in [2.24, 2.45) is 16.5 Å². The summed E-state index contributed by atoms with van der Waals surface area (Å²) in [5.74, 6) is 0.475. The third-order valence-corrected chi connectivity index (χ3v) is 2.89. The highest BCUT2D eigenvalue weighted by atomic mass is 16.4. The van der Waals surface area contributed by atoms with Crippen LogP contribution in [-0.2, 0) is 0 Å². The Morgan fingerprint density at radius 3 is 2.38 bits per heavy atom. The average Bonchev–Trinajstić information content (AvgIpc) is 2.05. The molecule has 0 fully saturated rings. The van der Waals surface area contributed by atoms with Gasteiger partial charge in [0.1, 0.15) is 0 Å². The maximum Gasteiger partial charge on any atom is 0.0632 e. The lowest BCUT2D eigenvalue weighted by atomic mass is 9.75. The topological polar surface area (TPSA) is 32.6 Å². The normalized spacial score (nSPS) is 13.5. The molecule has 0 aliphatic heterocycles. The highest BCUT2D eigenvalue weighted by Crippen LogP contribution is 2.29. The zero-order chi connectivity index (χ0) is 10.5. The van der Waals surface area contributed by atoms with Crippen molar-refractivity contribution in [1.29, 1.82) is 0 Å². The van der Waals surface area contributed by atoms with Crippen LogP contribution in [0.2, 0.25) is 0 Å². The van der Waals surface area contributed by atoms with Crippen molar-refractivity contribution in [1.82, 2.24) is 0 Å². The number of hydrogen-bond donors (Lipinski definition) is 1. The second-order valence-corrected chi connectivity index (χ2v) is 4.25. The van der Waals surface area contributed by atoms with Gasteiger partial charge >= 0.3 is 0 Å². The summed E-state index contributed by atoms with van der Waals surface area (Å²) in [4.78, 5) is 0. The van der Waals surface area contributed by atoms with Crippen LogP contribution in [0.5, 0.6) is 0 Å². The standard InChI is InChI=1S/C11H21NO/c1-6-7-8-10(12-13)11(4,5)9(2)3/h6,9,13H,1,7-8H2,2-5H3. The van der Waals surface area contributed by atoms with Crippen LogP contribution in [0.3, 0.4) is 0 Å². The van der Waals surface area contributed by atoms with Crippen LogP contribution in [0.15, 0.2) is 17.8 Å². The highest BCUT2D eigenvalue weighted by molar-refractivity contribution is 5.89. The van der Waals surface area contributed by atoms with Crippen LogP contribution in [0.25, 0.3) is 0 Å². The Labute approximate surface area is 81.3 Å². The van der Waals surface area contributed by atoms with Crippen LogP contribution in [0.1, 0.15) is 40.5 Å². The maximum atomic E-state index is 8.89. The number of nitrogens with zero attached hydrogens (tertiary/aromatic N) is 1. The molecule has 0 heterocycles. The first-order chi connectivity index (χ1) is 5.96. The first kappa shape index (κ1) is 12.2. The van der Waals surface area contributed by atoms with E-state index in [9.17, 15) is 0 Å². The summed E-state index contributed by atoms with van der Waals surface area (Å²) in [5, 5.41) is 12.3.